The Morgan fingerprint density at radius 2 is 1.90 bits per heavy atom. The van der Waals surface area contributed by atoms with Crippen molar-refractivity contribution in [1.29, 1.82) is 0 Å². The van der Waals surface area contributed by atoms with Gasteiger partial charge in [0.1, 0.15) is 5.69 Å². The van der Waals surface area contributed by atoms with Crippen LogP contribution < -0.4 is 16.2 Å². The van der Waals surface area contributed by atoms with Crippen LogP contribution in [0.2, 0.25) is 0 Å². The van der Waals surface area contributed by atoms with E-state index in [2.05, 4.69) is 43.2 Å². The zero-order valence-electron chi connectivity index (χ0n) is 17.0. The van der Waals surface area contributed by atoms with Crippen molar-refractivity contribution in [3.63, 3.8) is 0 Å². The zero-order valence-corrected chi connectivity index (χ0v) is 17.0. The summed E-state index contributed by atoms with van der Waals surface area (Å²) in [6, 6.07) is 14.4. The van der Waals surface area contributed by atoms with Crippen LogP contribution in [0.25, 0.3) is 10.9 Å². The average Bonchev–Trinajstić information content (AvgIpc) is 3.46. The minimum Gasteiger partial charge on any atom is -0.351 e. The fourth-order valence-electron chi connectivity index (χ4n) is 4.59. The van der Waals surface area contributed by atoms with Crippen LogP contribution in [-0.4, -0.2) is 46.6 Å². The Morgan fingerprint density at radius 3 is 2.70 bits per heavy atom. The molecule has 4 heterocycles. The molecule has 30 heavy (non-hydrogen) atoms. The molecule has 3 aromatic rings. The third-order valence-corrected chi connectivity index (χ3v) is 6.41. The number of aromatic nitrogens is 2. The van der Waals surface area contributed by atoms with Gasteiger partial charge in [-0.25, -0.2) is 10.9 Å². The number of aromatic amines is 1. The van der Waals surface area contributed by atoms with Crippen molar-refractivity contribution in [2.45, 2.75) is 31.5 Å². The average molecular weight is 405 g/mol. The van der Waals surface area contributed by atoms with Crippen LogP contribution in [0.3, 0.4) is 0 Å². The minimum atomic E-state index is -0.0181. The number of pyridine rings is 1. The predicted molar refractivity (Wildman–Crippen MR) is 117 cm³/mol. The molecule has 1 amide bonds. The molecule has 7 heteroatoms. The van der Waals surface area contributed by atoms with E-state index >= 15 is 0 Å². The van der Waals surface area contributed by atoms with Crippen LogP contribution in [0.4, 0.5) is 0 Å². The Balaban J connectivity index is 1.08. The number of nitrogens with zero attached hydrogens (tertiary/aromatic N) is 2. The van der Waals surface area contributed by atoms with E-state index in [9.17, 15) is 4.79 Å². The van der Waals surface area contributed by atoms with E-state index in [0.29, 0.717) is 23.8 Å². The predicted octanol–water partition coefficient (Wildman–Crippen LogP) is 2.57. The largest absolute Gasteiger partial charge is 0.351 e. The van der Waals surface area contributed by atoms with Crippen LogP contribution in [0.1, 0.15) is 41.4 Å². The first kappa shape index (κ1) is 19.2. The van der Waals surface area contributed by atoms with Gasteiger partial charge in [0.25, 0.3) is 5.91 Å². The van der Waals surface area contributed by atoms with Gasteiger partial charge in [0.2, 0.25) is 0 Å². The molecule has 1 aromatic carbocycles. The number of para-hydroxylation sites is 1. The number of fused-ring (bicyclic) bond motifs is 1. The Bertz CT molecular complexity index is 962. The number of piperidine rings is 1. The Morgan fingerprint density at radius 1 is 1.10 bits per heavy atom. The van der Waals surface area contributed by atoms with Crippen LogP contribution in [0, 0.1) is 5.92 Å². The minimum absolute atomic E-state index is 0.0181. The molecule has 7 nitrogen and oxygen atoms in total. The number of hydrazine groups is 1. The molecular weight excluding hydrogens is 376 g/mol. The molecule has 5 rings (SSSR count). The second-order valence-electron chi connectivity index (χ2n) is 8.33. The first-order valence-electron chi connectivity index (χ1n) is 10.8. The van der Waals surface area contributed by atoms with Gasteiger partial charge in [-0.3, -0.25) is 14.7 Å². The van der Waals surface area contributed by atoms with Crippen molar-refractivity contribution in [3.05, 3.63) is 66.1 Å². The zero-order chi connectivity index (χ0) is 20.3. The summed E-state index contributed by atoms with van der Waals surface area (Å²) < 4.78 is 0. The van der Waals surface area contributed by atoms with E-state index in [1.54, 1.807) is 0 Å². The van der Waals surface area contributed by atoms with Crippen LogP contribution in [0.5, 0.6) is 0 Å². The number of rotatable bonds is 5. The molecule has 156 valence electrons. The number of hydrogen-bond acceptors (Lipinski definition) is 5. The van der Waals surface area contributed by atoms with Crippen molar-refractivity contribution in [3.8, 4) is 0 Å². The lowest BCUT2D eigenvalue weighted by molar-refractivity contribution is 0.0910. The van der Waals surface area contributed by atoms with E-state index in [1.807, 2.05) is 42.7 Å². The molecule has 0 bridgehead atoms. The maximum absolute atomic E-state index is 12.5. The summed E-state index contributed by atoms with van der Waals surface area (Å²) in [4.78, 5) is 22.4. The topological polar surface area (TPSA) is 85.1 Å². The van der Waals surface area contributed by atoms with Gasteiger partial charge in [0.15, 0.2) is 0 Å². The molecule has 2 atom stereocenters. The Hall–Kier alpha value is -2.74. The van der Waals surface area contributed by atoms with Gasteiger partial charge in [-0.1, -0.05) is 18.2 Å². The molecule has 4 N–H and O–H groups in total. The molecule has 0 saturated carbocycles. The molecule has 0 spiro atoms. The summed E-state index contributed by atoms with van der Waals surface area (Å²) in [6.07, 6.45) is 7.30. The molecular formula is C23H28N6O. The lowest BCUT2D eigenvalue weighted by Gasteiger charge is -2.35. The van der Waals surface area contributed by atoms with Crippen LogP contribution in [-0.2, 0) is 0 Å². The maximum Gasteiger partial charge on any atom is 0.267 e. The van der Waals surface area contributed by atoms with E-state index < -0.39 is 0 Å². The molecule has 2 aliphatic heterocycles. The lowest BCUT2D eigenvalue weighted by Crippen LogP contribution is -2.49. The Kier molecular flexibility index (Phi) is 5.48. The van der Waals surface area contributed by atoms with Gasteiger partial charge in [-0.05, 0) is 68.1 Å². The summed E-state index contributed by atoms with van der Waals surface area (Å²) in [6.45, 7) is 2.84. The molecule has 2 saturated heterocycles. The van der Waals surface area contributed by atoms with Crippen molar-refractivity contribution < 1.29 is 4.79 Å². The fourth-order valence-corrected chi connectivity index (χ4v) is 4.59. The first-order valence-corrected chi connectivity index (χ1v) is 10.8. The van der Waals surface area contributed by atoms with Gasteiger partial charge >= 0.3 is 0 Å². The molecule has 2 fully saturated rings. The maximum atomic E-state index is 12.5. The summed E-state index contributed by atoms with van der Waals surface area (Å²) in [5.41, 5.74) is 9.78. The van der Waals surface area contributed by atoms with Crippen molar-refractivity contribution in [1.82, 2.24) is 31.0 Å². The number of likely N-dealkylation sites (tertiary alicyclic amines) is 1. The summed E-state index contributed by atoms with van der Waals surface area (Å²) in [7, 11) is 0. The highest BCUT2D eigenvalue weighted by atomic mass is 16.1. The van der Waals surface area contributed by atoms with E-state index in [4.69, 9.17) is 0 Å². The highest BCUT2D eigenvalue weighted by Gasteiger charge is 2.31. The second-order valence-corrected chi connectivity index (χ2v) is 8.33. The number of carbonyl (C=O) groups excluding carboxylic acids is 1. The number of H-pyrrole nitrogens is 1. The molecule has 2 aromatic heterocycles. The first-order chi connectivity index (χ1) is 14.8. The van der Waals surface area contributed by atoms with E-state index in [1.165, 1.54) is 5.56 Å². The van der Waals surface area contributed by atoms with E-state index in [-0.39, 0.29) is 5.91 Å². The molecule has 2 unspecified atom stereocenters. The summed E-state index contributed by atoms with van der Waals surface area (Å²) in [5.74, 6) is 0.510. The Labute approximate surface area is 176 Å². The molecule has 0 aliphatic carbocycles. The third kappa shape index (κ3) is 4.09. The number of carbonyl (C=O) groups is 1. The van der Waals surface area contributed by atoms with Crippen molar-refractivity contribution in [2.24, 2.45) is 5.92 Å². The smallest absolute Gasteiger partial charge is 0.267 e. The van der Waals surface area contributed by atoms with Gasteiger partial charge in [-0.2, -0.15) is 0 Å². The monoisotopic (exact) mass is 404 g/mol. The molecule has 2 aliphatic rings. The van der Waals surface area contributed by atoms with E-state index in [0.717, 1.165) is 49.8 Å². The van der Waals surface area contributed by atoms with Crippen LogP contribution in [0.15, 0.2) is 54.9 Å². The number of benzene rings is 1. The number of hydrogen-bond donors (Lipinski definition) is 4. The standard InChI is InChI=1S/C23H28N6O/c30-23(21-13-18-3-1-2-4-19(18)26-21)25-15-16-7-11-29(12-8-16)22-14-20(27-28-22)17-5-9-24-10-6-17/h1-6,9-10,13,16,20,22,26-28H,7-8,11-12,14-15H2,(H,25,30). The van der Waals surface area contributed by atoms with Gasteiger partial charge in [0.05, 0.1) is 6.17 Å². The quantitative estimate of drug-likeness (QED) is 0.525. The van der Waals surface area contributed by atoms with Gasteiger partial charge in [0, 0.05) is 35.9 Å². The van der Waals surface area contributed by atoms with Gasteiger partial charge in [-0.15, -0.1) is 0 Å². The SMILES string of the molecule is O=C(NCC1CCN(C2CC(c3ccncc3)NN2)CC1)c1cc2ccccc2[nH]1. The van der Waals surface area contributed by atoms with Crippen LogP contribution >= 0.6 is 0 Å². The van der Waals surface area contributed by atoms with Crippen molar-refractivity contribution >= 4 is 16.8 Å². The van der Waals surface area contributed by atoms with Gasteiger partial charge < -0.3 is 10.3 Å². The number of nitrogens with one attached hydrogen (secondary N) is 4. The lowest BCUT2D eigenvalue weighted by atomic mass is 9.95. The second kappa shape index (κ2) is 8.55. The summed E-state index contributed by atoms with van der Waals surface area (Å²) >= 11 is 0. The summed E-state index contributed by atoms with van der Waals surface area (Å²) in [5, 5.41) is 4.19. The third-order valence-electron chi connectivity index (χ3n) is 6.41. The normalized spacial score (nSPS) is 23.1. The highest BCUT2D eigenvalue weighted by Crippen LogP contribution is 2.26. The number of amides is 1. The highest BCUT2D eigenvalue weighted by molar-refractivity contribution is 5.97. The van der Waals surface area contributed by atoms with Crippen molar-refractivity contribution in [2.75, 3.05) is 19.6 Å². The molecule has 0 radical (unpaired) electrons. The fraction of sp³-hybridized carbons (Fsp3) is 0.391.